The minimum absolute atomic E-state index is 0.124. The summed E-state index contributed by atoms with van der Waals surface area (Å²) < 4.78 is 11.6. The van der Waals surface area contributed by atoms with Gasteiger partial charge in [0.1, 0.15) is 5.75 Å². The van der Waals surface area contributed by atoms with Crippen molar-refractivity contribution >= 4 is 23.4 Å². The lowest BCUT2D eigenvalue weighted by Crippen LogP contribution is -2.52. The van der Waals surface area contributed by atoms with Crippen LogP contribution in [0.2, 0.25) is 5.02 Å². The number of hydrogen-bond donors (Lipinski definition) is 0. The first-order valence-electron chi connectivity index (χ1n) is 12.3. The largest absolute Gasteiger partial charge is 0.493 e. The maximum Gasteiger partial charge on any atom is 0.223 e. The van der Waals surface area contributed by atoms with E-state index < -0.39 is 5.41 Å². The Labute approximate surface area is 201 Å². The average molecular weight is 478 g/mol. The molecule has 3 aliphatic rings. The summed E-state index contributed by atoms with van der Waals surface area (Å²) in [5.41, 5.74) is -0.404. The zero-order valence-corrected chi connectivity index (χ0v) is 20.2. The molecule has 1 unspecified atom stereocenters. The van der Waals surface area contributed by atoms with Gasteiger partial charge in [0.05, 0.1) is 19.8 Å². The van der Waals surface area contributed by atoms with Crippen LogP contribution in [0.15, 0.2) is 24.3 Å². The molecule has 1 aromatic carbocycles. The van der Waals surface area contributed by atoms with Crippen molar-refractivity contribution in [3.8, 4) is 5.75 Å². The van der Waals surface area contributed by atoms with Crippen LogP contribution in [0, 0.1) is 5.41 Å². The molecule has 4 rings (SSSR count). The lowest BCUT2D eigenvalue weighted by atomic mass is 9.77. The highest BCUT2D eigenvalue weighted by atomic mass is 35.5. The highest BCUT2D eigenvalue weighted by Crippen LogP contribution is 2.36. The number of carbonyl (C=O) groups excluding carboxylic acids is 2. The summed E-state index contributed by atoms with van der Waals surface area (Å²) in [6.07, 6.45) is 5.12. The second kappa shape index (κ2) is 11.5. The first kappa shape index (κ1) is 24.3. The van der Waals surface area contributed by atoms with Gasteiger partial charge in [-0.05, 0) is 57.0 Å². The van der Waals surface area contributed by atoms with Gasteiger partial charge in [0.2, 0.25) is 11.8 Å². The smallest absolute Gasteiger partial charge is 0.223 e. The van der Waals surface area contributed by atoms with E-state index in [0.717, 1.165) is 39.0 Å². The normalized spacial score (nSPS) is 24.2. The molecule has 0 aromatic heterocycles. The minimum atomic E-state index is -0.404. The summed E-state index contributed by atoms with van der Waals surface area (Å²) in [5, 5.41) is 0.619. The fourth-order valence-corrected chi connectivity index (χ4v) is 5.37. The Kier molecular flexibility index (Phi) is 8.50. The van der Waals surface area contributed by atoms with Crippen LogP contribution in [0.4, 0.5) is 0 Å². The van der Waals surface area contributed by atoms with Crippen LogP contribution in [-0.2, 0) is 14.3 Å². The van der Waals surface area contributed by atoms with Crippen LogP contribution < -0.4 is 4.74 Å². The van der Waals surface area contributed by atoms with Crippen molar-refractivity contribution < 1.29 is 19.1 Å². The van der Waals surface area contributed by atoms with Gasteiger partial charge in [-0.15, -0.1) is 0 Å². The fraction of sp³-hybridized carbons (Fsp3) is 0.680. The predicted octanol–water partition coefficient (Wildman–Crippen LogP) is 3.06. The molecule has 1 aromatic rings. The van der Waals surface area contributed by atoms with Gasteiger partial charge < -0.3 is 24.2 Å². The van der Waals surface area contributed by atoms with Gasteiger partial charge in [0, 0.05) is 56.0 Å². The molecule has 0 radical (unpaired) electrons. The molecule has 182 valence electrons. The summed E-state index contributed by atoms with van der Waals surface area (Å²) >= 11 is 6.13. The van der Waals surface area contributed by atoms with E-state index in [0.29, 0.717) is 63.1 Å². The van der Waals surface area contributed by atoms with Crippen LogP contribution in [-0.4, -0.2) is 92.1 Å². The third-order valence-electron chi connectivity index (χ3n) is 7.09. The topological polar surface area (TPSA) is 62.3 Å². The number of nitrogens with zero attached hydrogens (tertiary/aromatic N) is 3. The Morgan fingerprint density at radius 1 is 1.00 bits per heavy atom. The van der Waals surface area contributed by atoms with Crippen molar-refractivity contribution in [1.29, 1.82) is 0 Å². The molecular formula is C25H36ClN3O4. The van der Waals surface area contributed by atoms with Crippen LogP contribution >= 0.6 is 11.6 Å². The first-order chi connectivity index (χ1) is 16.0. The highest BCUT2D eigenvalue weighted by molar-refractivity contribution is 6.30. The summed E-state index contributed by atoms with van der Waals surface area (Å²) in [7, 11) is 0. The molecule has 3 aliphatic heterocycles. The monoisotopic (exact) mass is 477 g/mol. The molecular weight excluding hydrogens is 442 g/mol. The molecule has 1 atom stereocenters. The maximum atomic E-state index is 13.2. The number of morpholine rings is 1. The Morgan fingerprint density at radius 2 is 1.79 bits per heavy atom. The molecule has 3 fully saturated rings. The number of likely N-dealkylation sites (tertiary alicyclic amines) is 2. The number of amides is 2. The lowest BCUT2D eigenvalue weighted by Gasteiger charge is -2.43. The first-order valence-corrected chi connectivity index (χ1v) is 12.6. The van der Waals surface area contributed by atoms with Crippen LogP contribution in [0.25, 0.3) is 0 Å². The Hall–Kier alpha value is -1.83. The average Bonchev–Trinajstić information content (AvgIpc) is 3.36. The molecule has 0 saturated carbocycles. The summed E-state index contributed by atoms with van der Waals surface area (Å²) in [5.74, 6) is 1.00. The number of rotatable bonds is 8. The van der Waals surface area contributed by atoms with E-state index in [1.807, 2.05) is 28.0 Å². The molecule has 3 saturated heterocycles. The van der Waals surface area contributed by atoms with Crippen molar-refractivity contribution in [3.05, 3.63) is 29.3 Å². The lowest BCUT2D eigenvalue weighted by molar-refractivity contribution is -0.144. The molecule has 7 nitrogen and oxygen atoms in total. The summed E-state index contributed by atoms with van der Waals surface area (Å²) in [6.45, 7) is 7.14. The van der Waals surface area contributed by atoms with E-state index in [9.17, 15) is 9.59 Å². The molecule has 2 amide bonds. The van der Waals surface area contributed by atoms with Gasteiger partial charge in [-0.3, -0.25) is 9.59 Å². The molecule has 0 bridgehead atoms. The van der Waals surface area contributed by atoms with E-state index in [-0.39, 0.29) is 11.8 Å². The third-order valence-corrected chi connectivity index (χ3v) is 7.32. The molecule has 0 aliphatic carbocycles. The molecule has 0 N–H and O–H groups in total. The van der Waals surface area contributed by atoms with Crippen molar-refractivity contribution in [1.82, 2.24) is 14.7 Å². The van der Waals surface area contributed by atoms with Crippen molar-refractivity contribution in [2.75, 3.05) is 65.6 Å². The second-order valence-electron chi connectivity index (χ2n) is 9.63. The zero-order chi connectivity index (χ0) is 23.1. The van der Waals surface area contributed by atoms with Gasteiger partial charge in [0.25, 0.3) is 0 Å². The highest BCUT2D eigenvalue weighted by Gasteiger charge is 2.41. The zero-order valence-electron chi connectivity index (χ0n) is 19.5. The predicted molar refractivity (Wildman–Crippen MR) is 128 cm³/mol. The van der Waals surface area contributed by atoms with Crippen LogP contribution in [0.3, 0.4) is 0 Å². The molecule has 8 heteroatoms. The van der Waals surface area contributed by atoms with Crippen LogP contribution in [0.5, 0.6) is 5.75 Å². The van der Waals surface area contributed by atoms with E-state index in [1.165, 1.54) is 12.8 Å². The number of carbonyl (C=O) groups is 2. The van der Waals surface area contributed by atoms with Gasteiger partial charge in [-0.1, -0.05) is 17.7 Å². The van der Waals surface area contributed by atoms with E-state index in [2.05, 4.69) is 4.90 Å². The molecule has 33 heavy (non-hydrogen) atoms. The van der Waals surface area contributed by atoms with Gasteiger partial charge in [-0.2, -0.15) is 0 Å². The molecule has 0 spiro atoms. The Bertz CT molecular complexity index is 811. The Balaban J connectivity index is 1.43. The van der Waals surface area contributed by atoms with Gasteiger partial charge in [0.15, 0.2) is 0 Å². The number of hydrogen-bond acceptors (Lipinski definition) is 5. The fourth-order valence-electron chi connectivity index (χ4n) is 5.19. The third kappa shape index (κ3) is 6.84. The van der Waals surface area contributed by atoms with Gasteiger partial charge in [-0.25, -0.2) is 0 Å². The second-order valence-corrected chi connectivity index (χ2v) is 10.1. The van der Waals surface area contributed by atoms with Crippen molar-refractivity contribution in [2.45, 2.75) is 38.5 Å². The maximum absolute atomic E-state index is 13.2. The van der Waals surface area contributed by atoms with Crippen molar-refractivity contribution in [2.24, 2.45) is 5.41 Å². The van der Waals surface area contributed by atoms with E-state index in [4.69, 9.17) is 21.1 Å². The number of benzene rings is 1. The minimum Gasteiger partial charge on any atom is -0.493 e. The van der Waals surface area contributed by atoms with Crippen LogP contribution in [0.1, 0.15) is 38.5 Å². The molecule has 3 heterocycles. The SMILES string of the molecule is O=C(CC1(COc2cccc(Cl)c2)CCCN(C(=O)CCN2CCCC2)C1)N1CCOCC1. The Morgan fingerprint density at radius 3 is 2.55 bits per heavy atom. The number of halogens is 1. The van der Waals surface area contributed by atoms with Crippen molar-refractivity contribution in [3.63, 3.8) is 0 Å². The van der Waals surface area contributed by atoms with E-state index >= 15 is 0 Å². The summed E-state index contributed by atoms with van der Waals surface area (Å²) in [6, 6.07) is 7.35. The standard InChI is InChI=1S/C25H36ClN3O4/c26-21-5-3-6-22(17-21)33-20-25(18-24(31)28-13-15-32-16-14-28)8-4-11-29(19-25)23(30)7-12-27-9-1-2-10-27/h3,5-6,17H,1-2,4,7-16,18-20H2. The number of ether oxygens (including phenoxy) is 2. The quantitative estimate of drug-likeness (QED) is 0.576. The summed E-state index contributed by atoms with van der Waals surface area (Å²) in [4.78, 5) is 32.5. The van der Waals surface area contributed by atoms with Gasteiger partial charge >= 0.3 is 0 Å². The number of piperidine rings is 1. The van der Waals surface area contributed by atoms with E-state index in [1.54, 1.807) is 6.07 Å².